The van der Waals surface area contributed by atoms with Crippen molar-refractivity contribution in [2.75, 3.05) is 0 Å². The molecule has 1 atom stereocenters. The summed E-state index contributed by atoms with van der Waals surface area (Å²) in [4.78, 5) is 14.6. The van der Waals surface area contributed by atoms with Crippen LogP contribution in [-0.4, -0.2) is 34.4 Å². The molecule has 21 heavy (non-hydrogen) atoms. The van der Waals surface area contributed by atoms with Gasteiger partial charge >= 0.3 is 5.71 Å². The Balaban J connectivity index is 2.76. The normalized spacial score (nSPS) is 17.7. The molecule has 1 aliphatic rings. The molecule has 0 saturated carbocycles. The third kappa shape index (κ3) is 2.64. The smallest absolute Gasteiger partial charge is 0.363 e. The van der Waals surface area contributed by atoms with E-state index in [9.17, 15) is 22.9 Å². The van der Waals surface area contributed by atoms with Crippen molar-refractivity contribution in [3.05, 3.63) is 52.3 Å². The molecular weight excluding hydrogens is 296 g/mol. The molecule has 0 amide bonds. The van der Waals surface area contributed by atoms with Gasteiger partial charge in [0.25, 0.3) is 10.1 Å². The minimum atomic E-state index is -4.54. The van der Waals surface area contributed by atoms with Gasteiger partial charge in [0.2, 0.25) is 5.76 Å². The first-order valence-electron chi connectivity index (χ1n) is 6.06. The summed E-state index contributed by atoms with van der Waals surface area (Å²) in [5, 5.41) is 8.18. The van der Waals surface area contributed by atoms with E-state index >= 15 is 0 Å². The third-order valence-electron chi connectivity index (χ3n) is 3.23. The molecule has 8 heteroatoms. The molecule has 0 bridgehead atoms. The third-order valence-corrected chi connectivity index (χ3v) is 4.26. The van der Waals surface area contributed by atoms with Crippen molar-refractivity contribution < 1.29 is 27.7 Å². The van der Waals surface area contributed by atoms with Crippen LogP contribution in [0.1, 0.15) is 40.1 Å². The molecule has 0 fully saturated rings. The zero-order valence-electron chi connectivity index (χ0n) is 11.0. The minimum Gasteiger partial charge on any atom is -0.502 e. The molecule has 0 aromatic heterocycles. The van der Waals surface area contributed by atoms with E-state index in [2.05, 4.69) is 4.79 Å². The van der Waals surface area contributed by atoms with Crippen LogP contribution >= 0.6 is 0 Å². The largest absolute Gasteiger partial charge is 0.502 e. The highest BCUT2D eigenvalue weighted by Crippen LogP contribution is 2.33. The molecule has 1 aromatic carbocycles. The summed E-state index contributed by atoms with van der Waals surface area (Å²) in [5.41, 5.74) is 9.19. The van der Waals surface area contributed by atoms with Gasteiger partial charge in [-0.2, -0.15) is 13.2 Å². The standard InChI is InChI=1S/C13H12N2O5S/c1-2-10(16)7-3-4-8-9(5-7)12(21(18,19)20)6-11(17)13(8)15-14/h3-6,12,17H,2H2,1H3,(H,18,19,20). The Bertz CT molecular complexity index is 804. The monoisotopic (exact) mass is 308 g/mol. The highest BCUT2D eigenvalue weighted by atomic mass is 32.2. The number of nitrogens with zero attached hydrogens (tertiary/aromatic N) is 2. The predicted molar refractivity (Wildman–Crippen MR) is 73.8 cm³/mol. The van der Waals surface area contributed by atoms with Gasteiger partial charge in [0.05, 0.1) is 5.56 Å². The van der Waals surface area contributed by atoms with Crippen LogP contribution in [-0.2, 0) is 10.1 Å². The number of hydrogen-bond acceptors (Lipinski definition) is 4. The van der Waals surface area contributed by atoms with Crippen molar-refractivity contribution >= 4 is 21.6 Å². The number of hydrogen-bond donors (Lipinski definition) is 2. The summed E-state index contributed by atoms with van der Waals surface area (Å²) in [6.07, 6.45) is 1.09. The van der Waals surface area contributed by atoms with Gasteiger partial charge in [-0.1, -0.05) is 13.0 Å². The Hall–Kier alpha value is -2.28. The zero-order chi connectivity index (χ0) is 15.8. The lowest BCUT2D eigenvalue weighted by molar-refractivity contribution is -0.00668. The Kier molecular flexibility index (Phi) is 3.78. The van der Waals surface area contributed by atoms with Gasteiger partial charge in [0.15, 0.2) is 5.78 Å². The predicted octanol–water partition coefficient (Wildman–Crippen LogP) is 1.68. The lowest BCUT2D eigenvalue weighted by atomic mass is 9.91. The van der Waals surface area contributed by atoms with E-state index in [1.54, 1.807) is 6.92 Å². The van der Waals surface area contributed by atoms with Gasteiger partial charge in [-0.3, -0.25) is 9.35 Å². The van der Waals surface area contributed by atoms with E-state index in [1.807, 2.05) is 0 Å². The second-order valence-corrected chi connectivity index (χ2v) is 6.05. The average Bonchev–Trinajstić information content (AvgIpc) is 2.44. The van der Waals surface area contributed by atoms with Gasteiger partial charge in [0.1, 0.15) is 5.25 Å². The molecule has 1 aromatic rings. The van der Waals surface area contributed by atoms with Gasteiger partial charge in [-0.25, -0.2) is 0 Å². The van der Waals surface area contributed by atoms with Crippen LogP contribution in [0.15, 0.2) is 30.0 Å². The second-order valence-electron chi connectivity index (χ2n) is 4.51. The maximum atomic E-state index is 11.7. The number of ketones is 1. The number of aliphatic hydroxyl groups is 1. The van der Waals surface area contributed by atoms with Crippen molar-refractivity contribution in [2.45, 2.75) is 18.6 Å². The van der Waals surface area contributed by atoms with Gasteiger partial charge < -0.3 is 10.6 Å². The number of aliphatic hydroxyl groups excluding tert-OH is 1. The Morgan fingerprint density at radius 3 is 2.62 bits per heavy atom. The van der Waals surface area contributed by atoms with E-state index in [0.717, 1.165) is 6.08 Å². The summed E-state index contributed by atoms with van der Waals surface area (Å²) < 4.78 is 32.2. The second kappa shape index (κ2) is 5.25. The van der Waals surface area contributed by atoms with E-state index < -0.39 is 21.1 Å². The molecule has 7 nitrogen and oxygen atoms in total. The maximum absolute atomic E-state index is 11.7. The summed E-state index contributed by atoms with van der Waals surface area (Å²) in [6.45, 7) is 1.66. The first-order valence-corrected chi connectivity index (χ1v) is 7.57. The number of rotatable bonds is 3. The number of Topliss-reactive ketones (excluding diaryl/α,β-unsaturated/α-hetero) is 1. The van der Waals surface area contributed by atoms with Crippen LogP contribution in [0.4, 0.5) is 0 Å². The first-order chi connectivity index (χ1) is 9.79. The Morgan fingerprint density at radius 1 is 1.43 bits per heavy atom. The molecule has 0 heterocycles. The highest BCUT2D eigenvalue weighted by Gasteiger charge is 2.37. The van der Waals surface area contributed by atoms with Crippen molar-refractivity contribution in [1.82, 2.24) is 0 Å². The summed E-state index contributed by atoms with van der Waals surface area (Å²) in [6, 6.07) is 4.12. The van der Waals surface area contributed by atoms with Crippen molar-refractivity contribution in [1.29, 1.82) is 0 Å². The molecule has 1 unspecified atom stereocenters. The van der Waals surface area contributed by atoms with Crippen LogP contribution in [0.2, 0.25) is 0 Å². The topological polar surface area (TPSA) is 128 Å². The molecule has 2 N–H and O–H groups in total. The average molecular weight is 308 g/mol. The van der Waals surface area contributed by atoms with Crippen molar-refractivity contribution in [2.24, 2.45) is 0 Å². The van der Waals surface area contributed by atoms with E-state index in [1.165, 1.54) is 18.2 Å². The zero-order valence-corrected chi connectivity index (χ0v) is 11.8. The van der Waals surface area contributed by atoms with Crippen molar-refractivity contribution in [3.63, 3.8) is 0 Å². The van der Waals surface area contributed by atoms with E-state index in [4.69, 9.17) is 5.53 Å². The Labute approximate surface area is 120 Å². The minimum absolute atomic E-state index is 0.0717. The number of carbonyl (C=O) groups excluding carboxylic acids is 1. The number of carbonyl (C=O) groups is 1. The summed E-state index contributed by atoms with van der Waals surface area (Å²) in [5.74, 6) is -0.768. The van der Waals surface area contributed by atoms with Gasteiger partial charge in [-0.05, 0) is 23.8 Å². The molecule has 110 valence electrons. The Morgan fingerprint density at radius 2 is 2.10 bits per heavy atom. The fraction of sp³-hybridized carbons (Fsp3) is 0.231. The van der Waals surface area contributed by atoms with E-state index in [0.29, 0.717) is 0 Å². The van der Waals surface area contributed by atoms with Crippen LogP contribution in [0, 0.1) is 0 Å². The molecule has 0 saturated heterocycles. The van der Waals surface area contributed by atoms with Gasteiger partial charge in [0, 0.05) is 12.0 Å². The summed E-state index contributed by atoms with van der Waals surface area (Å²) >= 11 is 0. The molecule has 0 radical (unpaired) electrons. The quantitative estimate of drug-likeness (QED) is 0.380. The van der Waals surface area contributed by atoms with E-state index in [-0.39, 0.29) is 34.6 Å². The van der Waals surface area contributed by atoms with Crippen LogP contribution < -0.4 is 0 Å². The molecule has 0 spiro atoms. The lowest BCUT2D eigenvalue weighted by Gasteiger charge is -2.18. The fourth-order valence-corrected chi connectivity index (χ4v) is 3.01. The van der Waals surface area contributed by atoms with Crippen molar-refractivity contribution in [3.8, 4) is 0 Å². The SMILES string of the molecule is CCC(=O)c1ccc2c(c1)C(S(=O)(=O)O)C=C(O)C2=[N+]=[N-]. The highest BCUT2D eigenvalue weighted by molar-refractivity contribution is 7.86. The van der Waals surface area contributed by atoms with Crippen LogP contribution in [0.5, 0.6) is 0 Å². The van der Waals surface area contributed by atoms with Crippen LogP contribution in [0.25, 0.3) is 5.53 Å². The number of benzene rings is 1. The number of fused-ring (bicyclic) bond motifs is 1. The molecular formula is C13H12N2O5S. The maximum Gasteiger partial charge on any atom is 0.363 e. The van der Waals surface area contributed by atoms with Gasteiger partial charge in [-0.15, -0.1) is 0 Å². The first kappa shape index (κ1) is 15.1. The van der Waals surface area contributed by atoms with Crippen LogP contribution in [0.3, 0.4) is 0 Å². The molecule has 0 aliphatic heterocycles. The fourth-order valence-electron chi connectivity index (χ4n) is 2.19. The molecule has 1 aliphatic carbocycles. The summed E-state index contributed by atoms with van der Waals surface area (Å²) in [7, 11) is -4.54. The molecule has 2 rings (SSSR count). The lowest BCUT2D eigenvalue weighted by Crippen LogP contribution is -2.22. The number of allylic oxidation sites excluding steroid dienone is 1.